The van der Waals surface area contributed by atoms with E-state index in [1.807, 2.05) is 97.1 Å². The van der Waals surface area contributed by atoms with Crippen LogP contribution in [0, 0.1) is 0 Å². The molecule has 13 aromatic rings. The second-order valence-corrected chi connectivity index (χ2v) is 17.8. The average molecular weight is 888 g/mol. The Kier molecular flexibility index (Phi) is 9.54. The van der Waals surface area contributed by atoms with Crippen LogP contribution in [0.25, 0.3) is 127 Å². The third-order valence-corrected chi connectivity index (χ3v) is 13.7. The number of hydrogen-bond donors (Lipinski definition) is 0. The van der Waals surface area contributed by atoms with Gasteiger partial charge in [0.2, 0.25) is 0 Å². The van der Waals surface area contributed by atoms with Crippen molar-refractivity contribution in [2.24, 2.45) is 0 Å². The lowest BCUT2D eigenvalue weighted by Gasteiger charge is -2.14. The molecule has 0 saturated heterocycles. The second-order valence-electron chi connectivity index (χ2n) is 16.7. The minimum Gasteiger partial charge on any atom is -0.309 e. The summed E-state index contributed by atoms with van der Waals surface area (Å²) in [6, 6.07) is 77.6. The summed E-state index contributed by atoms with van der Waals surface area (Å²) in [4.78, 5) is 31.2. The maximum absolute atomic E-state index is 5.30. The molecular weight excluding hydrogens is 851 g/mol. The van der Waals surface area contributed by atoms with Crippen molar-refractivity contribution < 1.29 is 0 Å². The molecule has 0 spiro atoms. The zero-order chi connectivity index (χ0) is 45.0. The van der Waals surface area contributed by atoms with Crippen molar-refractivity contribution in [2.75, 3.05) is 0 Å². The Morgan fingerprint density at radius 1 is 0.265 bits per heavy atom. The fraction of sp³-hybridized carbons (Fsp3) is 0. The van der Waals surface area contributed by atoms with E-state index >= 15 is 0 Å². The number of thiophene rings is 1. The van der Waals surface area contributed by atoms with Gasteiger partial charge in [0.05, 0.1) is 11.0 Å². The van der Waals surface area contributed by atoms with Crippen LogP contribution in [-0.4, -0.2) is 34.5 Å². The van der Waals surface area contributed by atoms with Gasteiger partial charge in [-0.25, -0.2) is 29.9 Å². The van der Waals surface area contributed by atoms with Gasteiger partial charge in [-0.05, 0) is 65.7 Å². The molecule has 4 aromatic heterocycles. The highest BCUT2D eigenvalue weighted by atomic mass is 32.1. The van der Waals surface area contributed by atoms with Gasteiger partial charge in [-0.1, -0.05) is 170 Å². The molecule has 0 amide bonds. The Balaban J connectivity index is 1.03. The quantitative estimate of drug-likeness (QED) is 0.151. The van der Waals surface area contributed by atoms with Crippen LogP contribution in [0.3, 0.4) is 0 Å². The van der Waals surface area contributed by atoms with E-state index in [-0.39, 0.29) is 0 Å². The predicted molar refractivity (Wildman–Crippen MR) is 278 cm³/mol. The van der Waals surface area contributed by atoms with E-state index in [1.165, 1.54) is 20.2 Å². The normalized spacial score (nSPS) is 11.5. The summed E-state index contributed by atoms with van der Waals surface area (Å²) in [5.74, 6) is 3.41. The maximum Gasteiger partial charge on any atom is 0.164 e. The molecule has 0 aliphatic rings. The van der Waals surface area contributed by atoms with E-state index in [1.54, 1.807) is 11.3 Å². The molecule has 7 nitrogen and oxygen atoms in total. The molecule has 0 unspecified atom stereocenters. The van der Waals surface area contributed by atoms with E-state index in [0.717, 1.165) is 72.0 Å². The topological polar surface area (TPSA) is 82.3 Å². The van der Waals surface area contributed by atoms with E-state index < -0.39 is 0 Å². The fourth-order valence-corrected chi connectivity index (χ4v) is 10.4. The number of hydrogen-bond acceptors (Lipinski definition) is 7. The highest BCUT2D eigenvalue weighted by Crippen LogP contribution is 2.41. The van der Waals surface area contributed by atoms with Gasteiger partial charge in [-0.15, -0.1) is 11.3 Å². The Bertz CT molecular complexity index is 3960. The first-order chi connectivity index (χ1) is 33.7. The van der Waals surface area contributed by atoms with Crippen LogP contribution in [-0.2, 0) is 0 Å². The third-order valence-electron chi connectivity index (χ3n) is 12.5. The lowest BCUT2D eigenvalue weighted by molar-refractivity contribution is 1.07. The standard InChI is InChI=1S/C60H37N7S/c1-5-17-38(18-6-1)55-62-58(64-59(63-55)43-31-34-52-49(35-43)46-25-13-15-27-51(46)67(52)44-23-11-4-12-24-44)42-30-32-45(41-29-33-48-47-26-14-16-28-53(47)68-54(48)37-41)50(36-42)60-65-56(39-19-7-2-8-20-39)61-57(66-60)40-21-9-3-10-22-40/h1-37H. The molecule has 13 rings (SSSR count). The van der Waals surface area contributed by atoms with Crippen LogP contribution < -0.4 is 0 Å². The summed E-state index contributed by atoms with van der Waals surface area (Å²) in [5, 5.41) is 4.76. The summed E-state index contributed by atoms with van der Waals surface area (Å²) in [5.41, 5.74) is 10.6. The predicted octanol–water partition coefficient (Wildman–Crippen LogP) is 15.2. The number of fused-ring (bicyclic) bond motifs is 6. The molecule has 8 heteroatoms. The van der Waals surface area contributed by atoms with Crippen molar-refractivity contribution >= 4 is 53.3 Å². The summed E-state index contributed by atoms with van der Waals surface area (Å²) in [6.45, 7) is 0. The first-order valence-electron chi connectivity index (χ1n) is 22.5. The molecule has 9 aromatic carbocycles. The molecular formula is C60H37N7S. The van der Waals surface area contributed by atoms with Gasteiger partial charge < -0.3 is 4.57 Å². The second kappa shape index (κ2) is 16.5. The molecule has 0 aliphatic heterocycles. The molecule has 0 aliphatic carbocycles. The van der Waals surface area contributed by atoms with Gasteiger partial charge in [-0.2, -0.15) is 0 Å². The van der Waals surface area contributed by atoms with Gasteiger partial charge in [-0.3, -0.25) is 0 Å². The number of rotatable bonds is 8. The van der Waals surface area contributed by atoms with E-state index in [9.17, 15) is 0 Å². The molecule has 0 saturated carbocycles. The minimum atomic E-state index is 0.536. The summed E-state index contributed by atoms with van der Waals surface area (Å²) >= 11 is 1.80. The maximum atomic E-state index is 5.30. The van der Waals surface area contributed by atoms with Crippen LogP contribution >= 0.6 is 11.3 Å². The van der Waals surface area contributed by atoms with Crippen molar-refractivity contribution in [3.05, 3.63) is 224 Å². The van der Waals surface area contributed by atoms with E-state index in [0.29, 0.717) is 34.9 Å². The van der Waals surface area contributed by atoms with Gasteiger partial charge in [0.1, 0.15) is 0 Å². The van der Waals surface area contributed by atoms with Crippen molar-refractivity contribution in [3.8, 4) is 85.1 Å². The SMILES string of the molecule is c1ccc(-c2nc(-c3ccc(-c4ccc5c(c4)sc4ccccc45)c(-c4nc(-c5ccccc5)nc(-c5ccccc5)n4)c3)nc(-c3ccc4c(c3)c3ccccc3n4-c3ccccc3)n2)cc1. The summed E-state index contributed by atoms with van der Waals surface area (Å²) in [7, 11) is 0. The Morgan fingerprint density at radius 3 is 1.35 bits per heavy atom. The first-order valence-corrected chi connectivity index (χ1v) is 23.3. The first kappa shape index (κ1) is 39.4. The van der Waals surface area contributed by atoms with E-state index in [4.69, 9.17) is 29.9 Å². The zero-order valence-corrected chi connectivity index (χ0v) is 37.2. The zero-order valence-electron chi connectivity index (χ0n) is 36.4. The Morgan fingerprint density at radius 2 is 0.721 bits per heavy atom. The van der Waals surface area contributed by atoms with Gasteiger partial charge in [0.15, 0.2) is 34.9 Å². The van der Waals surface area contributed by atoms with Crippen LogP contribution in [0.4, 0.5) is 0 Å². The number of nitrogens with zero attached hydrogens (tertiary/aromatic N) is 7. The van der Waals surface area contributed by atoms with Crippen LogP contribution in [0.5, 0.6) is 0 Å². The molecule has 68 heavy (non-hydrogen) atoms. The molecule has 318 valence electrons. The molecule has 4 heterocycles. The minimum absolute atomic E-state index is 0.536. The Hall–Kier alpha value is -8.98. The average Bonchev–Trinajstić information content (AvgIpc) is 3.96. The monoisotopic (exact) mass is 887 g/mol. The number of benzene rings is 9. The Labute approximate surface area is 395 Å². The van der Waals surface area contributed by atoms with E-state index in [2.05, 4.69) is 132 Å². The van der Waals surface area contributed by atoms with Crippen LogP contribution in [0.2, 0.25) is 0 Å². The number of para-hydroxylation sites is 2. The lowest BCUT2D eigenvalue weighted by atomic mass is 9.95. The largest absolute Gasteiger partial charge is 0.309 e. The van der Waals surface area contributed by atoms with Crippen LogP contribution in [0.1, 0.15) is 0 Å². The molecule has 0 atom stereocenters. The van der Waals surface area contributed by atoms with Crippen molar-refractivity contribution in [1.29, 1.82) is 0 Å². The van der Waals surface area contributed by atoms with Crippen molar-refractivity contribution in [1.82, 2.24) is 34.5 Å². The van der Waals surface area contributed by atoms with Gasteiger partial charge in [0, 0.05) is 70.0 Å². The highest BCUT2D eigenvalue weighted by molar-refractivity contribution is 7.25. The number of aromatic nitrogens is 7. The molecule has 0 N–H and O–H groups in total. The third kappa shape index (κ3) is 6.99. The lowest BCUT2D eigenvalue weighted by Crippen LogP contribution is -2.03. The van der Waals surface area contributed by atoms with Crippen molar-refractivity contribution in [2.45, 2.75) is 0 Å². The van der Waals surface area contributed by atoms with Crippen LogP contribution in [0.15, 0.2) is 224 Å². The smallest absolute Gasteiger partial charge is 0.164 e. The molecule has 0 radical (unpaired) electrons. The highest BCUT2D eigenvalue weighted by Gasteiger charge is 2.21. The molecule has 0 bridgehead atoms. The fourth-order valence-electron chi connectivity index (χ4n) is 9.26. The summed E-state index contributed by atoms with van der Waals surface area (Å²) in [6.07, 6.45) is 0. The summed E-state index contributed by atoms with van der Waals surface area (Å²) < 4.78 is 4.79. The van der Waals surface area contributed by atoms with Gasteiger partial charge >= 0.3 is 0 Å². The van der Waals surface area contributed by atoms with Gasteiger partial charge in [0.25, 0.3) is 0 Å². The molecule has 0 fully saturated rings. The van der Waals surface area contributed by atoms with Crippen molar-refractivity contribution in [3.63, 3.8) is 0 Å².